The lowest BCUT2D eigenvalue weighted by molar-refractivity contribution is 0.102. The van der Waals surface area contributed by atoms with E-state index in [-0.39, 0.29) is 5.91 Å². The van der Waals surface area contributed by atoms with Crippen molar-refractivity contribution in [3.05, 3.63) is 60.5 Å². The Labute approximate surface area is 139 Å². The number of amides is 1. The van der Waals surface area contributed by atoms with Crippen molar-refractivity contribution in [3.8, 4) is 17.2 Å². The number of carbonyl (C=O) groups is 1. The molecule has 6 nitrogen and oxygen atoms in total. The molecule has 0 unspecified atom stereocenters. The first-order valence-electron chi connectivity index (χ1n) is 7.67. The van der Waals surface area contributed by atoms with Gasteiger partial charge >= 0.3 is 0 Å². The molecule has 2 aromatic carbocycles. The van der Waals surface area contributed by atoms with Crippen molar-refractivity contribution in [3.63, 3.8) is 0 Å². The van der Waals surface area contributed by atoms with E-state index in [1.807, 2.05) is 25.1 Å². The SMILES string of the molecule is CCCOc1cccc(C(=O)Nc2ccc(-c3nnco3)cc2)c1. The summed E-state index contributed by atoms with van der Waals surface area (Å²) in [6.45, 7) is 2.66. The van der Waals surface area contributed by atoms with Crippen molar-refractivity contribution in [2.75, 3.05) is 11.9 Å². The summed E-state index contributed by atoms with van der Waals surface area (Å²) in [5.74, 6) is 0.937. The molecule has 0 saturated heterocycles. The second kappa shape index (κ2) is 7.41. The Morgan fingerprint density at radius 2 is 2.04 bits per heavy atom. The average molecular weight is 323 g/mol. The summed E-state index contributed by atoms with van der Waals surface area (Å²) < 4.78 is 10.7. The fourth-order valence-electron chi connectivity index (χ4n) is 2.15. The van der Waals surface area contributed by atoms with Gasteiger partial charge in [0, 0.05) is 16.8 Å². The Balaban J connectivity index is 1.68. The van der Waals surface area contributed by atoms with Crippen LogP contribution in [-0.2, 0) is 0 Å². The highest BCUT2D eigenvalue weighted by Crippen LogP contribution is 2.20. The molecule has 0 aliphatic carbocycles. The summed E-state index contributed by atoms with van der Waals surface area (Å²) in [6, 6.07) is 14.3. The number of rotatable bonds is 6. The standard InChI is InChI=1S/C18H17N3O3/c1-2-10-23-16-5-3-4-14(11-16)17(22)20-15-8-6-13(7-9-15)18-21-19-12-24-18/h3-9,11-12H,2,10H2,1H3,(H,20,22). The molecule has 0 aliphatic rings. The monoisotopic (exact) mass is 323 g/mol. The van der Waals surface area contributed by atoms with Gasteiger partial charge in [-0.2, -0.15) is 0 Å². The Kier molecular flexibility index (Phi) is 4.86. The maximum atomic E-state index is 12.3. The molecule has 0 radical (unpaired) electrons. The molecule has 122 valence electrons. The normalized spacial score (nSPS) is 10.4. The molecule has 1 aromatic heterocycles. The van der Waals surface area contributed by atoms with E-state index in [0.29, 0.717) is 29.5 Å². The van der Waals surface area contributed by atoms with Gasteiger partial charge in [-0.05, 0) is 48.9 Å². The zero-order valence-corrected chi connectivity index (χ0v) is 13.2. The van der Waals surface area contributed by atoms with E-state index in [9.17, 15) is 4.79 Å². The van der Waals surface area contributed by atoms with Gasteiger partial charge in [-0.15, -0.1) is 10.2 Å². The number of carbonyl (C=O) groups excluding carboxylic acids is 1. The molecule has 6 heteroatoms. The number of ether oxygens (including phenoxy) is 1. The molecule has 24 heavy (non-hydrogen) atoms. The topological polar surface area (TPSA) is 77.2 Å². The minimum absolute atomic E-state index is 0.192. The number of nitrogens with zero attached hydrogens (tertiary/aromatic N) is 2. The number of benzene rings is 2. The van der Waals surface area contributed by atoms with Gasteiger partial charge in [0.25, 0.3) is 5.91 Å². The van der Waals surface area contributed by atoms with E-state index in [1.54, 1.807) is 30.3 Å². The molecule has 1 amide bonds. The third-order valence-corrected chi connectivity index (χ3v) is 3.32. The van der Waals surface area contributed by atoms with Gasteiger partial charge in [-0.1, -0.05) is 13.0 Å². The van der Waals surface area contributed by atoms with Crippen molar-refractivity contribution >= 4 is 11.6 Å². The van der Waals surface area contributed by atoms with Crippen LogP contribution in [0.1, 0.15) is 23.7 Å². The van der Waals surface area contributed by atoms with Crippen molar-refractivity contribution < 1.29 is 13.9 Å². The van der Waals surface area contributed by atoms with Crippen LogP contribution in [0.2, 0.25) is 0 Å². The van der Waals surface area contributed by atoms with Crippen LogP contribution in [0.25, 0.3) is 11.5 Å². The van der Waals surface area contributed by atoms with Crippen LogP contribution in [-0.4, -0.2) is 22.7 Å². The smallest absolute Gasteiger partial charge is 0.255 e. The summed E-state index contributed by atoms with van der Waals surface area (Å²) in [7, 11) is 0. The van der Waals surface area contributed by atoms with Crippen LogP contribution in [0, 0.1) is 0 Å². The number of aromatic nitrogens is 2. The molecular weight excluding hydrogens is 306 g/mol. The molecule has 0 bridgehead atoms. The first-order chi connectivity index (χ1) is 11.8. The molecule has 0 fully saturated rings. The van der Waals surface area contributed by atoms with E-state index in [1.165, 1.54) is 6.39 Å². The van der Waals surface area contributed by atoms with Crippen LogP contribution in [0.15, 0.2) is 59.3 Å². The fraction of sp³-hybridized carbons (Fsp3) is 0.167. The third-order valence-electron chi connectivity index (χ3n) is 3.32. The van der Waals surface area contributed by atoms with Crippen molar-refractivity contribution in [1.29, 1.82) is 0 Å². The predicted octanol–water partition coefficient (Wildman–Crippen LogP) is 3.78. The van der Waals surface area contributed by atoms with E-state index in [4.69, 9.17) is 9.15 Å². The molecular formula is C18H17N3O3. The summed E-state index contributed by atoms with van der Waals surface area (Å²) in [5, 5.41) is 10.3. The zero-order valence-electron chi connectivity index (χ0n) is 13.2. The highest BCUT2D eigenvalue weighted by Gasteiger charge is 2.08. The number of hydrogen-bond acceptors (Lipinski definition) is 5. The number of nitrogens with one attached hydrogen (secondary N) is 1. The minimum atomic E-state index is -0.192. The number of hydrogen-bond donors (Lipinski definition) is 1. The Morgan fingerprint density at radius 3 is 2.75 bits per heavy atom. The maximum absolute atomic E-state index is 12.3. The number of anilines is 1. The van der Waals surface area contributed by atoms with Crippen LogP contribution < -0.4 is 10.1 Å². The highest BCUT2D eigenvalue weighted by molar-refractivity contribution is 6.04. The lowest BCUT2D eigenvalue weighted by atomic mass is 10.1. The largest absolute Gasteiger partial charge is 0.494 e. The summed E-state index contributed by atoms with van der Waals surface area (Å²) in [4.78, 5) is 12.3. The van der Waals surface area contributed by atoms with Crippen LogP contribution >= 0.6 is 0 Å². The lowest BCUT2D eigenvalue weighted by Gasteiger charge is -2.08. The predicted molar refractivity (Wildman–Crippen MR) is 89.9 cm³/mol. The van der Waals surface area contributed by atoms with E-state index in [0.717, 1.165) is 12.0 Å². The summed E-state index contributed by atoms with van der Waals surface area (Å²) in [5.41, 5.74) is 2.02. The molecule has 0 saturated carbocycles. The summed E-state index contributed by atoms with van der Waals surface area (Å²) >= 11 is 0. The first kappa shape index (κ1) is 15.7. The van der Waals surface area contributed by atoms with E-state index >= 15 is 0 Å². The molecule has 3 aromatic rings. The van der Waals surface area contributed by atoms with Gasteiger partial charge in [0.05, 0.1) is 6.61 Å². The van der Waals surface area contributed by atoms with Crippen LogP contribution in [0.5, 0.6) is 5.75 Å². The van der Waals surface area contributed by atoms with Gasteiger partial charge in [0.2, 0.25) is 12.3 Å². The van der Waals surface area contributed by atoms with E-state index < -0.39 is 0 Å². The Hall–Kier alpha value is -3.15. The van der Waals surface area contributed by atoms with Crippen LogP contribution in [0.3, 0.4) is 0 Å². The second-order valence-corrected chi connectivity index (χ2v) is 5.15. The van der Waals surface area contributed by atoms with E-state index in [2.05, 4.69) is 15.5 Å². The summed E-state index contributed by atoms with van der Waals surface area (Å²) in [6.07, 6.45) is 2.20. The van der Waals surface area contributed by atoms with Gasteiger partial charge < -0.3 is 14.5 Å². The van der Waals surface area contributed by atoms with Crippen molar-refractivity contribution in [1.82, 2.24) is 10.2 Å². The highest BCUT2D eigenvalue weighted by atomic mass is 16.5. The fourth-order valence-corrected chi connectivity index (χ4v) is 2.15. The lowest BCUT2D eigenvalue weighted by Crippen LogP contribution is -2.12. The van der Waals surface area contributed by atoms with Gasteiger partial charge in [-0.3, -0.25) is 4.79 Å². The zero-order chi connectivity index (χ0) is 16.8. The van der Waals surface area contributed by atoms with Gasteiger partial charge in [0.1, 0.15) is 5.75 Å². The molecule has 0 aliphatic heterocycles. The van der Waals surface area contributed by atoms with Crippen LogP contribution in [0.4, 0.5) is 5.69 Å². The quantitative estimate of drug-likeness (QED) is 0.747. The Bertz CT molecular complexity index is 799. The average Bonchev–Trinajstić information content (AvgIpc) is 3.15. The second-order valence-electron chi connectivity index (χ2n) is 5.15. The van der Waals surface area contributed by atoms with Crippen molar-refractivity contribution in [2.45, 2.75) is 13.3 Å². The Morgan fingerprint density at radius 1 is 1.21 bits per heavy atom. The molecule has 1 heterocycles. The molecule has 0 atom stereocenters. The molecule has 3 rings (SSSR count). The molecule has 0 spiro atoms. The van der Waals surface area contributed by atoms with Gasteiger partial charge in [-0.25, -0.2) is 0 Å². The van der Waals surface area contributed by atoms with Crippen molar-refractivity contribution in [2.24, 2.45) is 0 Å². The maximum Gasteiger partial charge on any atom is 0.255 e. The molecule has 1 N–H and O–H groups in total. The minimum Gasteiger partial charge on any atom is -0.494 e. The van der Waals surface area contributed by atoms with Gasteiger partial charge in [0.15, 0.2) is 0 Å². The first-order valence-corrected chi connectivity index (χ1v) is 7.67. The third kappa shape index (κ3) is 3.78.